The standard InChI is InChI=1S/C23H22N2O6/c1-15-7-8-25(13-16-5-6-19-20(11-16)31-14-30-19)23(28)21(15)22(27)24-17-3-2-4-18(12-17)29-10-9-26/h2-8,11-12,26H,9-10,13-14H2,1H3,(H,24,27). The third-order valence-corrected chi connectivity index (χ3v) is 4.84. The van der Waals surface area contributed by atoms with Gasteiger partial charge in [-0.1, -0.05) is 12.1 Å². The molecule has 4 rings (SSSR count). The van der Waals surface area contributed by atoms with Gasteiger partial charge in [-0.05, 0) is 48.4 Å². The Morgan fingerprint density at radius 1 is 1.16 bits per heavy atom. The van der Waals surface area contributed by atoms with Gasteiger partial charge in [0.1, 0.15) is 17.9 Å². The van der Waals surface area contributed by atoms with Gasteiger partial charge < -0.3 is 29.2 Å². The number of carbonyl (C=O) groups is 1. The Kier molecular flexibility index (Phi) is 5.90. The largest absolute Gasteiger partial charge is 0.491 e. The number of nitrogens with zero attached hydrogens (tertiary/aromatic N) is 1. The minimum absolute atomic E-state index is 0.0740. The summed E-state index contributed by atoms with van der Waals surface area (Å²) in [5.41, 5.74) is 1.62. The highest BCUT2D eigenvalue weighted by molar-refractivity contribution is 6.05. The number of aliphatic hydroxyl groups excluding tert-OH is 1. The first-order valence-electron chi connectivity index (χ1n) is 9.79. The van der Waals surface area contributed by atoms with Crippen LogP contribution >= 0.6 is 0 Å². The summed E-state index contributed by atoms with van der Waals surface area (Å²) in [6, 6.07) is 14.0. The Hall–Kier alpha value is -3.78. The minimum atomic E-state index is -0.498. The van der Waals surface area contributed by atoms with Gasteiger partial charge in [-0.25, -0.2) is 0 Å². The maximum atomic E-state index is 13.1. The summed E-state index contributed by atoms with van der Waals surface area (Å²) in [7, 11) is 0. The van der Waals surface area contributed by atoms with E-state index in [1.807, 2.05) is 12.1 Å². The van der Waals surface area contributed by atoms with Gasteiger partial charge in [0.15, 0.2) is 11.5 Å². The third-order valence-electron chi connectivity index (χ3n) is 4.84. The van der Waals surface area contributed by atoms with E-state index in [-0.39, 0.29) is 31.1 Å². The summed E-state index contributed by atoms with van der Waals surface area (Å²) >= 11 is 0. The molecule has 2 N–H and O–H groups in total. The van der Waals surface area contributed by atoms with E-state index >= 15 is 0 Å². The van der Waals surface area contributed by atoms with Gasteiger partial charge >= 0.3 is 0 Å². The van der Waals surface area contributed by atoms with Crippen LogP contribution in [0.15, 0.2) is 59.5 Å². The summed E-state index contributed by atoms with van der Waals surface area (Å²) in [6.07, 6.45) is 1.67. The fourth-order valence-corrected chi connectivity index (χ4v) is 3.32. The Bertz CT molecular complexity index is 1170. The molecule has 1 amide bonds. The van der Waals surface area contributed by atoms with Crippen molar-refractivity contribution in [2.45, 2.75) is 13.5 Å². The molecule has 0 radical (unpaired) electrons. The van der Waals surface area contributed by atoms with Crippen LogP contribution in [-0.2, 0) is 6.54 Å². The number of pyridine rings is 1. The highest BCUT2D eigenvalue weighted by Crippen LogP contribution is 2.32. The maximum absolute atomic E-state index is 13.1. The van der Waals surface area contributed by atoms with Crippen molar-refractivity contribution in [3.8, 4) is 17.2 Å². The molecule has 8 heteroatoms. The van der Waals surface area contributed by atoms with Crippen LogP contribution in [0.4, 0.5) is 5.69 Å². The molecule has 2 heterocycles. The van der Waals surface area contributed by atoms with Crippen molar-refractivity contribution in [3.05, 3.63) is 81.8 Å². The Balaban J connectivity index is 1.56. The van der Waals surface area contributed by atoms with Gasteiger partial charge in [-0.15, -0.1) is 0 Å². The first kappa shape index (κ1) is 20.5. The molecule has 1 aromatic heterocycles. The van der Waals surface area contributed by atoms with Crippen LogP contribution in [0.25, 0.3) is 0 Å². The van der Waals surface area contributed by atoms with Crippen molar-refractivity contribution in [1.29, 1.82) is 0 Å². The number of amides is 1. The molecule has 0 atom stereocenters. The minimum Gasteiger partial charge on any atom is -0.491 e. The average molecular weight is 422 g/mol. The van der Waals surface area contributed by atoms with Gasteiger partial charge in [-0.3, -0.25) is 9.59 Å². The van der Waals surface area contributed by atoms with Crippen molar-refractivity contribution < 1.29 is 24.1 Å². The number of aliphatic hydroxyl groups is 1. The monoisotopic (exact) mass is 422 g/mol. The maximum Gasteiger partial charge on any atom is 0.263 e. The molecule has 1 aliphatic rings. The summed E-state index contributed by atoms with van der Waals surface area (Å²) in [5.74, 6) is 1.32. The average Bonchev–Trinajstić information content (AvgIpc) is 3.22. The molecule has 160 valence electrons. The van der Waals surface area contributed by atoms with Gasteiger partial charge in [-0.2, -0.15) is 0 Å². The number of benzene rings is 2. The number of aryl methyl sites for hydroxylation is 1. The van der Waals surface area contributed by atoms with E-state index in [1.54, 1.807) is 49.5 Å². The van der Waals surface area contributed by atoms with Crippen molar-refractivity contribution in [2.24, 2.45) is 0 Å². The fraction of sp³-hybridized carbons (Fsp3) is 0.217. The second kappa shape index (κ2) is 8.93. The summed E-state index contributed by atoms with van der Waals surface area (Å²) in [4.78, 5) is 26.0. The number of hydrogen-bond acceptors (Lipinski definition) is 6. The summed E-state index contributed by atoms with van der Waals surface area (Å²) < 4.78 is 17.6. The van der Waals surface area contributed by atoms with Crippen LogP contribution in [0.5, 0.6) is 17.2 Å². The molecule has 2 aromatic carbocycles. The van der Waals surface area contributed by atoms with Gasteiger partial charge in [0.25, 0.3) is 11.5 Å². The Morgan fingerprint density at radius 3 is 2.84 bits per heavy atom. The lowest BCUT2D eigenvalue weighted by atomic mass is 10.1. The number of aromatic nitrogens is 1. The molecular weight excluding hydrogens is 400 g/mol. The predicted octanol–water partition coefficient (Wildman–Crippen LogP) is 2.56. The summed E-state index contributed by atoms with van der Waals surface area (Å²) in [5, 5.41) is 11.6. The van der Waals surface area contributed by atoms with Crippen LogP contribution < -0.4 is 25.1 Å². The number of hydrogen-bond donors (Lipinski definition) is 2. The first-order valence-corrected chi connectivity index (χ1v) is 9.79. The van der Waals surface area contributed by atoms with Crippen LogP contribution in [-0.4, -0.2) is 35.6 Å². The molecule has 0 fully saturated rings. The molecule has 1 aliphatic heterocycles. The molecular formula is C23H22N2O6. The van der Waals surface area contributed by atoms with Crippen molar-refractivity contribution in [2.75, 3.05) is 25.3 Å². The first-order chi connectivity index (χ1) is 15.0. The number of anilines is 1. The molecule has 31 heavy (non-hydrogen) atoms. The molecule has 0 aliphatic carbocycles. The molecule has 8 nitrogen and oxygen atoms in total. The SMILES string of the molecule is Cc1ccn(Cc2ccc3c(c2)OCO3)c(=O)c1C(=O)Nc1cccc(OCCO)c1. The molecule has 0 saturated heterocycles. The van der Waals surface area contributed by atoms with E-state index in [4.69, 9.17) is 19.3 Å². The van der Waals surface area contributed by atoms with Crippen molar-refractivity contribution in [3.63, 3.8) is 0 Å². The second-order valence-corrected chi connectivity index (χ2v) is 7.05. The van der Waals surface area contributed by atoms with Gasteiger partial charge in [0, 0.05) is 18.0 Å². The van der Waals surface area contributed by atoms with Gasteiger partial charge in [0.2, 0.25) is 6.79 Å². The van der Waals surface area contributed by atoms with Crippen LogP contribution in [0, 0.1) is 6.92 Å². The second-order valence-electron chi connectivity index (χ2n) is 7.05. The van der Waals surface area contributed by atoms with Crippen LogP contribution in [0.3, 0.4) is 0 Å². The molecule has 0 unspecified atom stereocenters. The lowest BCUT2D eigenvalue weighted by Crippen LogP contribution is -2.30. The Labute approximate surface area is 178 Å². The summed E-state index contributed by atoms with van der Waals surface area (Å²) in [6.45, 7) is 2.24. The quantitative estimate of drug-likeness (QED) is 0.607. The number of fused-ring (bicyclic) bond motifs is 1. The van der Waals surface area contributed by atoms with E-state index in [1.165, 1.54) is 4.57 Å². The predicted molar refractivity (Wildman–Crippen MR) is 114 cm³/mol. The van der Waals surface area contributed by atoms with Crippen LogP contribution in [0.2, 0.25) is 0 Å². The number of carbonyl (C=O) groups excluding carboxylic acids is 1. The van der Waals surface area contributed by atoms with E-state index < -0.39 is 5.91 Å². The molecule has 0 saturated carbocycles. The zero-order chi connectivity index (χ0) is 21.8. The van der Waals surface area contributed by atoms with Crippen molar-refractivity contribution in [1.82, 2.24) is 4.57 Å². The van der Waals surface area contributed by atoms with Crippen LogP contribution in [0.1, 0.15) is 21.5 Å². The number of rotatable bonds is 7. The van der Waals surface area contributed by atoms with Crippen molar-refractivity contribution >= 4 is 11.6 Å². The zero-order valence-electron chi connectivity index (χ0n) is 17.0. The lowest BCUT2D eigenvalue weighted by Gasteiger charge is -2.12. The third kappa shape index (κ3) is 4.54. The highest BCUT2D eigenvalue weighted by atomic mass is 16.7. The molecule has 3 aromatic rings. The van der Waals surface area contributed by atoms with Gasteiger partial charge in [0.05, 0.1) is 13.2 Å². The smallest absolute Gasteiger partial charge is 0.263 e. The van der Waals surface area contributed by atoms with E-state index in [2.05, 4.69) is 5.32 Å². The fourth-order valence-electron chi connectivity index (χ4n) is 3.32. The van der Waals surface area contributed by atoms with E-state index in [0.29, 0.717) is 35.0 Å². The number of nitrogens with one attached hydrogen (secondary N) is 1. The molecule has 0 bridgehead atoms. The Morgan fingerprint density at radius 2 is 2.00 bits per heavy atom. The number of ether oxygens (including phenoxy) is 3. The lowest BCUT2D eigenvalue weighted by molar-refractivity contribution is 0.102. The van der Waals surface area contributed by atoms with E-state index in [0.717, 1.165) is 5.56 Å². The van der Waals surface area contributed by atoms with E-state index in [9.17, 15) is 9.59 Å². The zero-order valence-corrected chi connectivity index (χ0v) is 17.0. The highest BCUT2D eigenvalue weighted by Gasteiger charge is 2.18. The molecule has 0 spiro atoms. The normalized spacial score (nSPS) is 11.9. The topological polar surface area (TPSA) is 99.0 Å².